The molecule has 0 bridgehead atoms. The molecule has 3 aromatic carbocycles. The Kier molecular flexibility index (Phi) is 8.27. The Morgan fingerprint density at radius 1 is 1.00 bits per heavy atom. The first kappa shape index (κ1) is 26.3. The number of carbonyl (C=O) groups is 2. The van der Waals surface area contributed by atoms with Gasteiger partial charge in [0.2, 0.25) is 5.91 Å². The van der Waals surface area contributed by atoms with Gasteiger partial charge in [-0.05, 0) is 31.5 Å². The van der Waals surface area contributed by atoms with Gasteiger partial charge in [-0.1, -0.05) is 67.4 Å². The van der Waals surface area contributed by atoms with Crippen LogP contribution in [0.2, 0.25) is 0 Å². The fourth-order valence-corrected chi connectivity index (χ4v) is 4.00. The van der Waals surface area contributed by atoms with Crippen LogP contribution in [0.15, 0.2) is 84.9 Å². The minimum Gasteiger partial charge on any atom is -0.329 e. The molecule has 38 heavy (non-hydrogen) atoms. The molecule has 0 atom stereocenters. The minimum atomic E-state index is -0.545. The largest absolute Gasteiger partial charge is 0.329 e. The van der Waals surface area contributed by atoms with Gasteiger partial charge in [-0.3, -0.25) is 19.7 Å². The first-order chi connectivity index (χ1) is 18.4. The molecule has 0 aliphatic rings. The molecule has 194 valence electrons. The minimum absolute atomic E-state index is 0.166. The van der Waals surface area contributed by atoms with Gasteiger partial charge in [-0.25, -0.2) is 4.68 Å². The van der Waals surface area contributed by atoms with Crippen LogP contribution in [0.25, 0.3) is 16.9 Å². The van der Waals surface area contributed by atoms with Gasteiger partial charge in [-0.15, -0.1) is 0 Å². The van der Waals surface area contributed by atoms with E-state index in [1.54, 1.807) is 10.7 Å². The summed E-state index contributed by atoms with van der Waals surface area (Å²) >= 11 is 0. The number of nitrogens with zero attached hydrogens (tertiary/aromatic N) is 4. The van der Waals surface area contributed by atoms with Crippen LogP contribution in [-0.4, -0.2) is 44.5 Å². The summed E-state index contributed by atoms with van der Waals surface area (Å²) in [5, 5.41) is 18.8. The number of unbranched alkanes of at least 4 members (excludes halogenated alkanes) is 1. The fraction of sp³-hybridized carbons (Fsp3) is 0.207. The van der Waals surface area contributed by atoms with Crippen LogP contribution in [0.1, 0.15) is 35.7 Å². The van der Waals surface area contributed by atoms with Gasteiger partial charge >= 0.3 is 0 Å². The molecule has 0 unspecified atom stereocenters. The zero-order valence-corrected chi connectivity index (χ0v) is 21.3. The molecular weight excluding hydrogens is 482 g/mol. The molecule has 0 aliphatic heterocycles. The molecule has 2 amide bonds. The van der Waals surface area contributed by atoms with Crippen molar-refractivity contribution in [3.05, 3.63) is 106 Å². The van der Waals surface area contributed by atoms with Crippen LogP contribution in [0.3, 0.4) is 0 Å². The first-order valence-electron chi connectivity index (χ1n) is 12.4. The van der Waals surface area contributed by atoms with Crippen LogP contribution in [0.5, 0.6) is 0 Å². The third-order valence-electron chi connectivity index (χ3n) is 6.03. The third kappa shape index (κ3) is 6.31. The Morgan fingerprint density at radius 3 is 2.42 bits per heavy atom. The lowest BCUT2D eigenvalue weighted by molar-refractivity contribution is -0.384. The van der Waals surface area contributed by atoms with E-state index in [9.17, 15) is 19.7 Å². The number of hydrogen-bond donors (Lipinski definition) is 1. The van der Waals surface area contributed by atoms with E-state index in [0.717, 1.165) is 23.2 Å². The molecule has 4 rings (SSSR count). The number of nitro benzene ring substituents is 1. The molecule has 0 saturated carbocycles. The maximum Gasteiger partial charge on any atom is 0.270 e. The average molecular weight is 512 g/mol. The molecule has 4 aromatic rings. The second-order valence-corrected chi connectivity index (χ2v) is 8.96. The Balaban J connectivity index is 1.60. The second-order valence-electron chi connectivity index (χ2n) is 8.96. The molecule has 0 aliphatic carbocycles. The number of non-ortho nitro benzene ring substituents is 1. The maximum absolute atomic E-state index is 13.2. The van der Waals surface area contributed by atoms with Gasteiger partial charge in [-0.2, -0.15) is 5.10 Å². The molecule has 1 aromatic heterocycles. The van der Waals surface area contributed by atoms with Gasteiger partial charge < -0.3 is 10.2 Å². The van der Waals surface area contributed by atoms with Crippen LogP contribution < -0.4 is 5.32 Å². The zero-order chi connectivity index (χ0) is 27.1. The lowest BCUT2D eigenvalue weighted by atomic mass is 10.1. The van der Waals surface area contributed by atoms with Crippen molar-refractivity contribution in [1.29, 1.82) is 0 Å². The smallest absolute Gasteiger partial charge is 0.270 e. The lowest BCUT2D eigenvalue weighted by Crippen LogP contribution is -2.39. The van der Waals surface area contributed by atoms with E-state index in [1.165, 1.54) is 29.2 Å². The number of carbonyl (C=O) groups excluding carboxylic acids is 2. The molecule has 1 N–H and O–H groups in total. The van der Waals surface area contributed by atoms with Gasteiger partial charge in [0, 0.05) is 35.9 Å². The van der Waals surface area contributed by atoms with Crippen molar-refractivity contribution < 1.29 is 14.5 Å². The van der Waals surface area contributed by atoms with Crippen molar-refractivity contribution in [3.8, 4) is 16.9 Å². The third-order valence-corrected chi connectivity index (χ3v) is 6.03. The van der Waals surface area contributed by atoms with Gasteiger partial charge in [0.25, 0.3) is 11.6 Å². The molecule has 9 nitrogen and oxygen atoms in total. The number of rotatable bonds is 10. The maximum atomic E-state index is 13.2. The Labute approximate surface area is 220 Å². The number of nitro groups is 1. The van der Waals surface area contributed by atoms with Crippen molar-refractivity contribution in [3.63, 3.8) is 0 Å². The number of benzene rings is 3. The van der Waals surface area contributed by atoms with Crippen molar-refractivity contribution in [2.75, 3.05) is 18.4 Å². The van der Waals surface area contributed by atoms with Crippen molar-refractivity contribution >= 4 is 23.3 Å². The van der Waals surface area contributed by atoms with Crippen LogP contribution in [0.4, 0.5) is 11.5 Å². The number of amides is 2. The lowest BCUT2D eigenvalue weighted by Gasteiger charge is -2.22. The van der Waals surface area contributed by atoms with E-state index in [-0.39, 0.29) is 17.8 Å². The van der Waals surface area contributed by atoms with Crippen molar-refractivity contribution in [2.24, 2.45) is 0 Å². The first-order valence-corrected chi connectivity index (χ1v) is 12.4. The van der Waals surface area contributed by atoms with E-state index in [2.05, 4.69) is 5.32 Å². The highest BCUT2D eigenvalue weighted by molar-refractivity contribution is 5.99. The molecule has 0 spiro atoms. The quantitative estimate of drug-likeness (QED) is 0.219. The van der Waals surface area contributed by atoms with Crippen molar-refractivity contribution in [1.82, 2.24) is 14.7 Å². The monoisotopic (exact) mass is 511 g/mol. The van der Waals surface area contributed by atoms with E-state index in [0.29, 0.717) is 24.5 Å². The van der Waals surface area contributed by atoms with Crippen LogP contribution >= 0.6 is 0 Å². The molecular formula is C29H29N5O4. The van der Waals surface area contributed by atoms with Crippen LogP contribution in [0, 0.1) is 17.0 Å². The summed E-state index contributed by atoms with van der Waals surface area (Å²) in [6.07, 6.45) is 1.51. The number of aryl methyl sites for hydroxylation is 1. The topological polar surface area (TPSA) is 110 Å². The summed E-state index contributed by atoms with van der Waals surface area (Å²) in [6.45, 7) is 4.12. The summed E-state index contributed by atoms with van der Waals surface area (Å²) in [6, 6.07) is 24.8. The Hall–Kier alpha value is -4.79. The van der Waals surface area contributed by atoms with Gasteiger partial charge in [0.05, 0.1) is 16.3 Å². The van der Waals surface area contributed by atoms with Gasteiger partial charge in [0.1, 0.15) is 12.4 Å². The van der Waals surface area contributed by atoms with E-state index >= 15 is 0 Å². The van der Waals surface area contributed by atoms with Gasteiger partial charge in [0.15, 0.2) is 0 Å². The normalized spacial score (nSPS) is 10.7. The molecule has 1 heterocycles. The molecule has 0 fully saturated rings. The summed E-state index contributed by atoms with van der Waals surface area (Å²) in [4.78, 5) is 38.5. The zero-order valence-electron chi connectivity index (χ0n) is 21.3. The summed E-state index contributed by atoms with van der Waals surface area (Å²) < 4.78 is 1.67. The molecule has 0 saturated heterocycles. The summed E-state index contributed by atoms with van der Waals surface area (Å²) in [5.74, 6) is -0.363. The highest BCUT2D eigenvalue weighted by atomic mass is 16.6. The summed E-state index contributed by atoms with van der Waals surface area (Å²) in [5.41, 5.74) is 3.46. The number of anilines is 1. The summed E-state index contributed by atoms with van der Waals surface area (Å²) in [7, 11) is 0. The van der Waals surface area contributed by atoms with Crippen LogP contribution in [-0.2, 0) is 4.79 Å². The fourth-order valence-electron chi connectivity index (χ4n) is 4.00. The molecule has 9 heteroatoms. The number of nitrogens with one attached hydrogen (secondary N) is 1. The Bertz CT molecular complexity index is 1430. The number of aromatic nitrogens is 2. The molecule has 0 radical (unpaired) electrons. The van der Waals surface area contributed by atoms with E-state index < -0.39 is 16.7 Å². The average Bonchev–Trinajstić information content (AvgIpc) is 3.35. The predicted molar refractivity (Wildman–Crippen MR) is 146 cm³/mol. The SMILES string of the molecule is CCCCN(CC(=O)Nc1cc(-c2ccccc2)nn1-c1ccc(C)cc1)C(=O)c1cccc([N+](=O)[O-])c1. The standard InChI is InChI=1S/C29H29N5O4/c1-3-4-17-32(29(36)23-11-8-12-25(18-23)34(37)38)20-28(35)30-27-19-26(22-9-6-5-7-10-22)31-33(27)24-15-13-21(2)14-16-24/h5-16,18-19H,3-4,17,20H2,1-2H3,(H,30,35). The van der Waals surface area contributed by atoms with E-state index in [1.807, 2.05) is 68.4 Å². The van der Waals surface area contributed by atoms with Crippen molar-refractivity contribution in [2.45, 2.75) is 26.7 Å². The second kappa shape index (κ2) is 12.0. The number of hydrogen-bond acceptors (Lipinski definition) is 5. The highest BCUT2D eigenvalue weighted by Gasteiger charge is 2.22. The van der Waals surface area contributed by atoms with E-state index in [4.69, 9.17) is 5.10 Å². The highest BCUT2D eigenvalue weighted by Crippen LogP contribution is 2.25. The predicted octanol–water partition coefficient (Wildman–Crippen LogP) is 5.64. The Morgan fingerprint density at radius 2 is 1.74 bits per heavy atom.